The van der Waals surface area contributed by atoms with Crippen molar-refractivity contribution in [1.29, 1.82) is 0 Å². The third kappa shape index (κ3) is 4.38. The van der Waals surface area contributed by atoms with Gasteiger partial charge in [0.25, 0.3) is 0 Å². The number of alkyl halides is 4. The second kappa shape index (κ2) is 5.52. The molecule has 1 aromatic rings. The summed E-state index contributed by atoms with van der Waals surface area (Å²) in [5, 5.41) is 3.15. The van der Waals surface area contributed by atoms with Crippen LogP contribution in [0.15, 0.2) is 4.52 Å². The van der Waals surface area contributed by atoms with Crippen LogP contribution in [0.1, 0.15) is 43.3 Å². The highest BCUT2D eigenvalue weighted by atomic mass is 35.5. The molecule has 0 aliphatic carbocycles. The van der Waals surface area contributed by atoms with Crippen molar-refractivity contribution in [2.24, 2.45) is 0 Å². The van der Waals surface area contributed by atoms with Crippen molar-refractivity contribution in [2.45, 2.75) is 44.2 Å². The third-order valence-corrected chi connectivity index (χ3v) is 2.34. The highest BCUT2D eigenvalue weighted by molar-refractivity contribution is 6.20. The molecule has 0 aliphatic rings. The van der Waals surface area contributed by atoms with Crippen molar-refractivity contribution in [1.82, 2.24) is 10.1 Å². The molecule has 0 amide bonds. The molecule has 7 heteroatoms. The Labute approximate surface area is 96.0 Å². The standard InChI is InChI=1S/C9H12ClF3N2O/c1-2-3-6(10)8-14-7(16-15-8)4-5-9(11,12)13/h6H,2-5H2,1H3. The first-order chi connectivity index (χ1) is 7.42. The fraction of sp³-hybridized carbons (Fsp3) is 0.778. The van der Waals surface area contributed by atoms with E-state index in [1.165, 1.54) is 0 Å². The molecule has 0 N–H and O–H groups in total. The van der Waals surface area contributed by atoms with Gasteiger partial charge in [0.1, 0.15) is 0 Å². The van der Waals surface area contributed by atoms with E-state index in [0.29, 0.717) is 6.42 Å². The lowest BCUT2D eigenvalue weighted by molar-refractivity contribution is -0.134. The minimum absolute atomic E-state index is 0.0194. The zero-order valence-electron chi connectivity index (χ0n) is 8.72. The molecule has 0 radical (unpaired) electrons. The van der Waals surface area contributed by atoms with E-state index >= 15 is 0 Å². The summed E-state index contributed by atoms with van der Waals surface area (Å²) < 4.78 is 40.4. The van der Waals surface area contributed by atoms with Crippen molar-refractivity contribution in [3.05, 3.63) is 11.7 Å². The Morgan fingerprint density at radius 2 is 2.12 bits per heavy atom. The summed E-state index contributed by atoms with van der Waals surface area (Å²) in [6, 6.07) is 0. The van der Waals surface area contributed by atoms with E-state index in [1.54, 1.807) is 0 Å². The number of aryl methyl sites for hydroxylation is 1. The molecule has 1 atom stereocenters. The lowest BCUT2D eigenvalue weighted by Crippen LogP contribution is -2.08. The van der Waals surface area contributed by atoms with Gasteiger partial charge in [-0.1, -0.05) is 18.5 Å². The van der Waals surface area contributed by atoms with Crippen LogP contribution in [0.2, 0.25) is 0 Å². The molecule has 1 aromatic heterocycles. The summed E-state index contributed by atoms with van der Waals surface area (Å²) >= 11 is 5.90. The maximum Gasteiger partial charge on any atom is 0.389 e. The third-order valence-electron chi connectivity index (χ3n) is 1.93. The predicted molar refractivity (Wildman–Crippen MR) is 52.2 cm³/mol. The molecule has 92 valence electrons. The Morgan fingerprint density at radius 1 is 1.44 bits per heavy atom. The van der Waals surface area contributed by atoms with E-state index in [2.05, 4.69) is 14.7 Å². The van der Waals surface area contributed by atoms with E-state index in [4.69, 9.17) is 11.6 Å². The lowest BCUT2D eigenvalue weighted by atomic mass is 10.2. The summed E-state index contributed by atoms with van der Waals surface area (Å²) in [5.74, 6) is 0.245. The summed E-state index contributed by atoms with van der Waals surface area (Å²) in [6.45, 7) is 1.94. The minimum atomic E-state index is -4.21. The highest BCUT2D eigenvalue weighted by Crippen LogP contribution is 2.25. The van der Waals surface area contributed by atoms with Gasteiger partial charge >= 0.3 is 6.18 Å². The second-order valence-electron chi connectivity index (χ2n) is 3.42. The molecular weight excluding hydrogens is 245 g/mol. The van der Waals surface area contributed by atoms with Crippen LogP contribution in [0.5, 0.6) is 0 Å². The van der Waals surface area contributed by atoms with Crippen LogP contribution in [-0.2, 0) is 6.42 Å². The summed E-state index contributed by atoms with van der Waals surface area (Å²) in [6.07, 6.45) is -3.96. The van der Waals surface area contributed by atoms with Crippen LogP contribution in [0.4, 0.5) is 13.2 Å². The molecule has 3 nitrogen and oxygen atoms in total. The molecule has 1 heterocycles. The summed E-state index contributed by atoms with van der Waals surface area (Å²) in [5.41, 5.74) is 0. The Bertz CT molecular complexity index is 327. The Kier molecular flexibility index (Phi) is 4.58. The average molecular weight is 257 g/mol. The van der Waals surface area contributed by atoms with E-state index in [-0.39, 0.29) is 18.1 Å². The number of aromatic nitrogens is 2. The molecule has 1 rings (SSSR count). The molecule has 0 fully saturated rings. The summed E-state index contributed by atoms with van der Waals surface area (Å²) in [7, 11) is 0. The molecule has 16 heavy (non-hydrogen) atoms. The zero-order chi connectivity index (χ0) is 12.2. The highest BCUT2D eigenvalue weighted by Gasteiger charge is 2.28. The van der Waals surface area contributed by atoms with Gasteiger partial charge < -0.3 is 4.52 Å². The largest absolute Gasteiger partial charge is 0.389 e. The number of hydrogen-bond donors (Lipinski definition) is 0. The van der Waals surface area contributed by atoms with Crippen molar-refractivity contribution in [2.75, 3.05) is 0 Å². The molecule has 0 aliphatic heterocycles. The predicted octanol–water partition coefficient (Wildman–Crippen LogP) is 3.64. The van der Waals surface area contributed by atoms with Crippen molar-refractivity contribution < 1.29 is 17.7 Å². The van der Waals surface area contributed by atoms with E-state index in [9.17, 15) is 13.2 Å². The van der Waals surface area contributed by atoms with Gasteiger partial charge in [-0.3, -0.25) is 0 Å². The maximum atomic E-state index is 11.9. The SMILES string of the molecule is CCCC(Cl)c1noc(CCC(F)(F)F)n1. The van der Waals surface area contributed by atoms with Gasteiger partial charge in [0.2, 0.25) is 5.89 Å². The molecule has 0 saturated carbocycles. The van der Waals surface area contributed by atoms with E-state index in [0.717, 1.165) is 6.42 Å². The Morgan fingerprint density at radius 3 is 2.69 bits per heavy atom. The van der Waals surface area contributed by atoms with Gasteiger partial charge in [-0.2, -0.15) is 18.2 Å². The number of rotatable bonds is 5. The van der Waals surface area contributed by atoms with Crippen LogP contribution >= 0.6 is 11.6 Å². The second-order valence-corrected chi connectivity index (χ2v) is 3.94. The van der Waals surface area contributed by atoms with E-state index < -0.39 is 18.0 Å². The topological polar surface area (TPSA) is 38.9 Å². The van der Waals surface area contributed by atoms with Crippen LogP contribution < -0.4 is 0 Å². The fourth-order valence-corrected chi connectivity index (χ4v) is 1.43. The lowest BCUT2D eigenvalue weighted by Gasteiger charge is -2.02. The van der Waals surface area contributed by atoms with Crippen molar-refractivity contribution >= 4 is 11.6 Å². The smallest absolute Gasteiger partial charge is 0.339 e. The summed E-state index contributed by atoms with van der Waals surface area (Å²) in [4.78, 5) is 3.82. The maximum absolute atomic E-state index is 11.9. The van der Waals surface area contributed by atoms with E-state index in [1.807, 2.05) is 6.92 Å². The van der Waals surface area contributed by atoms with Crippen LogP contribution in [0, 0.1) is 0 Å². The average Bonchev–Trinajstić information content (AvgIpc) is 2.62. The van der Waals surface area contributed by atoms with Gasteiger partial charge in [0, 0.05) is 6.42 Å². The van der Waals surface area contributed by atoms with Crippen molar-refractivity contribution in [3.63, 3.8) is 0 Å². The molecular formula is C9H12ClF3N2O. The molecule has 1 unspecified atom stereocenters. The number of hydrogen-bond acceptors (Lipinski definition) is 3. The molecule has 0 saturated heterocycles. The quantitative estimate of drug-likeness (QED) is 0.755. The Balaban J connectivity index is 2.51. The van der Waals surface area contributed by atoms with Gasteiger partial charge in [-0.15, -0.1) is 11.6 Å². The minimum Gasteiger partial charge on any atom is -0.339 e. The van der Waals surface area contributed by atoms with Gasteiger partial charge in [-0.25, -0.2) is 0 Å². The molecule has 0 spiro atoms. The van der Waals surface area contributed by atoms with Crippen LogP contribution in [-0.4, -0.2) is 16.3 Å². The van der Waals surface area contributed by atoms with Crippen molar-refractivity contribution in [3.8, 4) is 0 Å². The van der Waals surface area contributed by atoms with Gasteiger partial charge in [0.15, 0.2) is 5.82 Å². The first kappa shape index (κ1) is 13.3. The molecule has 0 aromatic carbocycles. The first-order valence-corrected chi connectivity index (χ1v) is 5.39. The van der Waals surface area contributed by atoms with Gasteiger partial charge in [0.05, 0.1) is 11.8 Å². The monoisotopic (exact) mass is 256 g/mol. The fourth-order valence-electron chi connectivity index (χ4n) is 1.13. The number of nitrogens with zero attached hydrogens (tertiary/aromatic N) is 2. The number of halogens is 4. The Hall–Kier alpha value is -0.780. The van der Waals surface area contributed by atoms with Gasteiger partial charge in [-0.05, 0) is 6.42 Å². The normalized spacial score (nSPS) is 14.1. The van der Waals surface area contributed by atoms with Crippen LogP contribution in [0.25, 0.3) is 0 Å². The molecule has 0 bridgehead atoms. The van der Waals surface area contributed by atoms with Crippen LogP contribution in [0.3, 0.4) is 0 Å². The first-order valence-electron chi connectivity index (χ1n) is 4.95. The zero-order valence-corrected chi connectivity index (χ0v) is 9.48.